The van der Waals surface area contributed by atoms with Crippen molar-refractivity contribution in [1.29, 1.82) is 0 Å². The van der Waals surface area contributed by atoms with E-state index in [0.29, 0.717) is 0 Å². The van der Waals surface area contributed by atoms with Crippen molar-refractivity contribution in [3.05, 3.63) is 11.3 Å². The van der Waals surface area contributed by atoms with Gasteiger partial charge in [-0.1, -0.05) is 0 Å². The van der Waals surface area contributed by atoms with Crippen LogP contribution in [0.1, 0.15) is 37.9 Å². The van der Waals surface area contributed by atoms with E-state index in [1.807, 2.05) is 11.7 Å². The van der Waals surface area contributed by atoms with E-state index in [1.165, 1.54) is 24.2 Å². The number of aromatic nitrogens is 2. The second-order valence-corrected chi connectivity index (χ2v) is 4.84. The highest BCUT2D eigenvalue weighted by Crippen LogP contribution is 2.25. The van der Waals surface area contributed by atoms with Crippen LogP contribution < -0.4 is 10.2 Å². The van der Waals surface area contributed by atoms with Gasteiger partial charge >= 0.3 is 0 Å². The van der Waals surface area contributed by atoms with Crippen LogP contribution in [0, 0.1) is 6.92 Å². The van der Waals surface area contributed by atoms with Gasteiger partial charge in [0.15, 0.2) is 0 Å². The maximum atomic E-state index is 4.56. The summed E-state index contributed by atoms with van der Waals surface area (Å²) in [5.41, 5.74) is 2.52. The molecule has 1 fully saturated rings. The van der Waals surface area contributed by atoms with Crippen LogP contribution in [0.2, 0.25) is 0 Å². The van der Waals surface area contributed by atoms with Gasteiger partial charge in [-0.25, -0.2) is 0 Å². The lowest BCUT2D eigenvalue weighted by molar-refractivity contribution is 0.677. The molecule has 1 aromatic rings. The summed E-state index contributed by atoms with van der Waals surface area (Å²) in [4.78, 5) is 2.38. The Labute approximate surface area is 104 Å². The molecule has 0 atom stereocenters. The molecule has 1 heterocycles. The van der Waals surface area contributed by atoms with E-state index in [0.717, 1.165) is 31.4 Å². The molecule has 0 unspecified atom stereocenters. The van der Waals surface area contributed by atoms with E-state index in [-0.39, 0.29) is 0 Å². The fraction of sp³-hybridized carbons (Fsp3) is 0.769. The first kappa shape index (κ1) is 12.4. The Morgan fingerprint density at radius 2 is 2.00 bits per heavy atom. The zero-order valence-electron chi connectivity index (χ0n) is 11.5. The average Bonchev–Trinajstić information content (AvgIpc) is 3.07. The molecule has 96 valence electrons. The van der Waals surface area contributed by atoms with Crippen LogP contribution in [0.4, 0.5) is 5.82 Å². The highest BCUT2D eigenvalue weighted by atomic mass is 15.4. The maximum absolute atomic E-state index is 4.56. The van der Waals surface area contributed by atoms with Crippen molar-refractivity contribution in [2.75, 3.05) is 18.0 Å². The van der Waals surface area contributed by atoms with E-state index in [2.05, 4.69) is 36.1 Å². The van der Waals surface area contributed by atoms with Gasteiger partial charge in [-0.05, 0) is 33.6 Å². The minimum atomic E-state index is 0.749. The molecule has 1 aliphatic carbocycles. The minimum absolute atomic E-state index is 0.749. The number of hydrogen-bond acceptors (Lipinski definition) is 3. The first-order valence-electron chi connectivity index (χ1n) is 6.68. The summed E-state index contributed by atoms with van der Waals surface area (Å²) in [6.07, 6.45) is 2.67. The van der Waals surface area contributed by atoms with Crippen molar-refractivity contribution in [3.8, 4) is 0 Å². The minimum Gasteiger partial charge on any atom is -0.357 e. The molecule has 1 aromatic heterocycles. The SMILES string of the molecule is CCN(CC)c1c(CNC2CC2)c(C)nn1C. The second kappa shape index (κ2) is 5.08. The molecule has 2 rings (SSSR count). The standard InChI is InChI=1S/C13H24N4/c1-5-17(6-2)13-12(9-14-11-7-8-11)10(3)15-16(13)4/h11,14H,5-9H2,1-4H3. The quantitative estimate of drug-likeness (QED) is 0.818. The highest BCUT2D eigenvalue weighted by molar-refractivity contribution is 5.50. The molecule has 1 aliphatic rings. The fourth-order valence-corrected chi connectivity index (χ4v) is 2.35. The summed E-state index contributed by atoms with van der Waals surface area (Å²) in [6.45, 7) is 9.53. The van der Waals surface area contributed by atoms with Gasteiger partial charge in [0.1, 0.15) is 5.82 Å². The van der Waals surface area contributed by atoms with E-state index in [1.54, 1.807) is 0 Å². The third-order valence-corrected chi connectivity index (χ3v) is 3.52. The predicted octanol–water partition coefficient (Wildman–Crippen LogP) is 1.83. The van der Waals surface area contributed by atoms with Gasteiger partial charge in [0.25, 0.3) is 0 Å². The van der Waals surface area contributed by atoms with Crippen LogP contribution in [-0.2, 0) is 13.6 Å². The largest absolute Gasteiger partial charge is 0.357 e. The van der Waals surface area contributed by atoms with E-state index >= 15 is 0 Å². The maximum Gasteiger partial charge on any atom is 0.131 e. The Kier molecular flexibility index (Phi) is 3.72. The molecule has 0 aliphatic heterocycles. The Morgan fingerprint density at radius 3 is 2.53 bits per heavy atom. The molecule has 0 spiro atoms. The van der Waals surface area contributed by atoms with Crippen molar-refractivity contribution < 1.29 is 0 Å². The Hall–Kier alpha value is -1.03. The van der Waals surface area contributed by atoms with Crippen molar-refractivity contribution >= 4 is 5.82 Å². The first-order valence-corrected chi connectivity index (χ1v) is 6.68. The van der Waals surface area contributed by atoms with Gasteiger partial charge < -0.3 is 10.2 Å². The zero-order chi connectivity index (χ0) is 12.4. The summed E-state index contributed by atoms with van der Waals surface area (Å²) in [6, 6.07) is 0.749. The lowest BCUT2D eigenvalue weighted by Crippen LogP contribution is -2.27. The molecule has 1 N–H and O–H groups in total. The van der Waals surface area contributed by atoms with Crippen molar-refractivity contribution in [3.63, 3.8) is 0 Å². The smallest absolute Gasteiger partial charge is 0.131 e. The number of anilines is 1. The van der Waals surface area contributed by atoms with Gasteiger partial charge in [-0.2, -0.15) is 5.10 Å². The molecule has 1 saturated carbocycles. The Balaban J connectivity index is 2.20. The van der Waals surface area contributed by atoms with Gasteiger partial charge in [0.05, 0.1) is 5.69 Å². The second-order valence-electron chi connectivity index (χ2n) is 4.84. The normalized spacial score (nSPS) is 15.3. The third kappa shape index (κ3) is 2.63. The average molecular weight is 236 g/mol. The molecular weight excluding hydrogens is 212 g/mol. The summed E-state index contributed by atoms with van der Waals surface area (Å²) < 4.78 is 2.02. The molecule has 0 amide bonds. The van der Waals surface area contributed by atoms with Gasteiger partial charge in [-0.15, -0.1) is 0 Å². The molecule has 0 radical (unpaired) electrons. The van der Waals surface area contributed by atoms with E-state index in [4.69, 9.17) is 0 Å². The summed E-state index contributed by atoms with van der Waals surface area (Å²) >= 11 is 0. The number of nitrogens with one attached hydrogen (secondary N) is 1. The van der Waals surface area contributed by atoms with Crippen LogP contribution in [0.3, 0.4) is 0 Å². The topological polar surface area (TPSA) is 33.1 Å². The molecule has 17 heavy (non-hydrogen) atoms. The predicted molar refractivity (Wildman–Crippen MR) is 71.4 cm³/mol. The van der Waals surface area contributed by atoms with E-state index in [9.17, 15) is 0 Å². The van der Waals surface area contributed by atoms with Crippen molar-refractivity contribution in [2.45, 2.75) is 46.2 Å². The Morgan fingerprint density at radius 1 is 1.35 bits per heavy atom. The first-order chi connectivity index (χ1) is 8.17. The van der Waals surface area contributed by atoms with Crippen LogP contribution in [0.5, 0.6) is 0 Å². The highest BCUT2D eigenvalue weighted by Gasteiger charge is 2.23. The van der Waals surface area contributed by atoms with Crippen LogP contribution >= 0.6 is 0 Å². The molecule has 0 aromatic carbocycles. The molecule has 4 heteroatoms. The van der Waals surface area contributed by atoms with Crippen LogP contribution in [0.15, 0.2) is 0 Å². The van der Waals surface area contributed by atoms with Gasteiger partial charge in [0, 0.05) is 38.3 Å². The van der Waals surface area contributed by atoms with Crippen molar-refractivity contribution in [1.82, 2.24) is 15.1 Å². The molecule has 0 bridgehead atoms. The Bertz CT molecular complexity index is 375. The number of rotatable bonds is 6. The van der Waals surface area contributed by atoms with Crippen molar-refractivity contribution in [2.24, 2.45) is 7.05 Å². The summed E-state index contributed by atoms with van der Waals surface area (Å²) in [5, 5.41) is 8.15. The fourth-order valence-electron chi connectivity index (χ4n) is 2.35. The number of aryl methyl sites for hydroxylation is 2. The number of nitrogens with zero attached hydrogens (tertiary/aromatic N) is 3. The van der Waals surface area contributed by atoms with E-state index < -0.39 is 0 Å². The monoisotopic (exact) mass is 236 g/mol. The van der Waals surface area contributed by atoms with Gasteiger partial charge in [-0.3, -0.25) is 4.68 Å². The number of hydrogen-bond donors (Lipinski definition) is 1. The van der Waals surface area contributed by atoms with Crippen LogP contribution in [-0.4, -0.2) is 28.9 Å². The summed E-state index contributed by atoms with van der Waals surface area (Å²) in [7, 11) is 2.04. The lowest BCUT2D eigenvalue weighted by atomic mass is 10.2. The molecule has 4 nitrogen and oxygen atoms in total. The van der Waals surface area contributed by atoms with Gasteiger partial charge in [0.2, 0.25) is 0 Å². The summed E-state index contributed by atoms with van der Waals surface area (Å²) in [5.74, 6) is 1.28. The zero-order valence-corrected chi connectivity index (χ0v) is 11.5. The lowest BCUT2D eigenvalue weighted by Gasteiger charge is -2.22. The molecular formula is C13H24N4. The third-order valence-electron chi connectivity index (χ3n) is 3.52. The molecule has 0 saturated heterocycles. The van der Waals surface area contributed by atoms with Crippen LogP contribution in [0.25, 0.3) is 0 Å².